The number of nitrogens with zero attached hydrogens (tertiary/aromatic N) is 1. The lowest BCUT2D eigenvalue weighted by Gasteiger charge is -2.40. The number of benzene rings is 2. The fourth-order valence-corrected chi connectivity index (χ4v) is 8.65. The number of nitrogens with one attached hydrogen (secondary N) is 2. The summed E-state index contributed by atoms with van der Waals surface area (Å²) in [5.41, 5.74) is -0.175. The molecule has 7 atom stereocenters. The van der Waals surface area contributed by atoms with Gasteiger partial charge in [-0.3, -0.25) is 14.4 Å². The van der Waals surface area contributed by atoms with E-state index in [1.807, 2.05) is 74.5 Å². The summed E-state index contributed by atoms with van der Waals surface area (Å²) >= 11 is 3.73. The number of fused-ring (bicyclic) bond motifs is 1. The van der Waals surface area contributed by atoms with E-state index in [2.05, 4.69) is 47.3 Å². The van der Waals surface area contributed by atoms with Gasteiger partial charge in [0.25, 0.3) is 0 Å². The molecule has 3 fully saturated rings. The standard InChI is InChI=1S/C33H42BrN3O5/c1-31(2,3)19-32(4,5)36-29(40)27-33-16-22(34)26(42-33)24(28(39)35-17-20-12-8-6-9-13-20)25(33)30(41)37(27)23(18-38)21-14-10-7-11-15-21/h6-15,22-27,38H,16-19H2,1-5H3,(H,35,39)(H,36,40)/t22?,23-,24+,25+,26+,27?,33?/m1/s1. The molecule has 2 aromatic rings. The van der Waals surface area contributed by atoms with Crippen LogP contribution >= 0.6 is 15.9 Å². The number of ether oxygens (including phenoxy) is 1. The molecule has 3 N–H and O–H groups in total. The van der Waals surface area contributed by atoms with Gasteiger partial charge in [-0.1, -0.05) is 97.4 Å². The van der Waals surface area contributed by atoms with Crippen molar-refractivity contribution in [3.63, 3.8) is 0 Å². The Balaban J connectivity index is 1.53. The number of hydrogen-bond donors (Lipinski definition) is 3. The molecule has 0 aliphatic carbocycles. The first-order valence-electron chi connectivity index (χ1n) is 14.7. The van der Waals surface area contributed by atoms with Crippen LogP contribution in [0, 0.1) is 17.3 Å². The Morgan fingerprint density at radius 2 is 1.67 bits per heavy atom. The highest BCUT2D eigenvalue weighted by Gasteiger charge is 2.77. The van der Waals surface area contributed by atoms with Crippen molar-refractivity contribution in [3.05, 3.63) is 71.8 Å². The Hall–Kier alpha value is -2.75. The Kier molecular flexibility index (Phi) is 8.33. The highest BCUT2D eigenvalue weighted by molar-refractivity contribution is 9.09. The molecule has 0 saturated carbocycles. The third kappa shape index (κ3) is 5.63. The third-order valence-corrected chi connectivity index (χ3v) is 9.56. The van der Waals surface area contributed by atoms with Gasteiger partial charge in [0.15, 0.2) is 0 Å². The van der Waals surface area contributed by atoms with E-state index in [9.17, 15) is 19.5 Å². The molecular formula is C33H42BrN3O5. The van der Waals surface area contributed by atoms with Gasteiger partial charge in [-0.25, -0.2) is 0 Å². The van der Waals surface area contributed by atoms with Crippen LogP contribution in [0.5, 0.6) is 0 Å². The molecule has 0 radical (unpaired) electrons. The van der Waals surface area contributed by atoms with Gasteiger partial charge in [0.1, 0.15) is 11.6 Å². The van der Waals surface area contributed by atoms with Crippen LogP contribution in [0.2, 0.25) is 0 Å². The minimum Gasteiger partial charge on any atom is -0.394 e. The summed E-state index contributed by atoms with van der Waals surface area (Å²) in [6.45, 7) is 10.3. The first-order chi connectivity index (χ1) is 19.8. The zero-order valence-corrected chi connectivity index (χ0v) is 26.6. The number of carbonyl (C=O) groups is 3. The number of alkyl halides is 1. The number of aliphatic hydroxyl groups excluding tert-OH is 1. The number of rotatable bonds is 9. The topological polar surface area (TPSA) is 108 Å². The lowest BCUT2D eigenvalue weighted by molar-refractivity contribution is -0.146. The number of carbonyl (C=O) groups excluding carboxylic acids is 3. The van der Waals surface area contributed by atoms with Crippen molar-refractivity contribution in [1.82, 2.24) is 15.5 Å². The Labute approximate surface area is 256 Å². The van der Waals surface area contributed by atoms with Crippen molar-refractivity contribution in [1.29, 1.82) is 0 Å². The van der Waals surface area contributed by atoms with E-state index < -0.39 is 41.2 Å². The summed E-state index contributed by atoms with van der Waals surface area (Å²) in [4.78, 5) is 44.0. The molecule has 2 aromatic carbocycles. The summed E-state index contributed by atoms with van der Waals surface area (Å²) in [6, 6.07) is 17.0. The van der Waals surface area contributed by atoms with Crippen molar-refractivity contribution in [2.75, 3.05) is 6.61 Å². The van der Waals surface area contributed by atoms with Gasteiger partial charge in [-0.2, -0.15) is 0 Å². The smallest absolute Gasteiger partial charge is 0.246 e. The van der Waals surface area contributed by atoms with Crippen LogP contribution in [0.25, 0.3) is 0 Å². The zero-order valence-electron chi connectivity index (χ0n) is 25.0. The van der Waals surface area contributed by atoms with Crippen LogP contribution in [0.3, 0.4) is 0 Å². The maximum Gasteiger partial charge on any atom is 0.246 e. The summed E-state index contributed by atoms with van der Waals surface area (Å²) in [6.07, 6.45) is 0.552. The van der Waals surface area contributed by atoms with Crippen molar-refractivity contribution in [3.8, 4) is 0 Å². The SMILES string of the molecule is CC(C)(C)CC(C)(C)NC(=O)C1N([C@H](CO)c2ccccc2)C(=O)[C@@H]2[C@H](C(=O)NCc3ccccc3)[C@H]3OC12CC3Br. The van der Waals surface area contributed by atoms with Crippen LogP contribution in [0.15, 0.2) is 60.7 Å². The van der Waals surface area contributed by atoms with Gasteiger partial charge in [0.2, 0.25) is 17.7 Å². The summed E-state index contributed by atoms with van der Waals surface area (Å²) in [5.74, 6) is -2.58. The minimum absolute atomic E-state index is 0.0499. The highest BCUT2D eigenvalue weighted by Crippen LogP contribution is 2.61. The van der Waals surface area contributed by atoms with Crippen molar-refractivity contribution >= 4 is 33.7 Å². The van der Waals surface area contributed by atoms with Gasteiger partial charge in [-0.15, -0.1) is 0 Å². The van der Waals surface area contributed by atoms with Gasteiger partial charge in [-0.05, 0) is 43.2 Å². The van der Waals surface area contributed by atoms with Crippen molar-refractivity contribution < 1.29 is 24.2 Å². The summed E-state index contributed by atoms with van der Waals surface area (Å²) in [5, 5.41) is 16.9. The molecular weight excluding hydrogens is 598 g/mol. The average Bonchev–Trinajstić information content (AvgIpc) is 3.51. The molecule has 3 unspecified atom stereocenters. The van der Waals surface area contributed by atoms with Crippen LogP contribution in [0.4, 0.5) is 0 Å². The third-order valence-electron chi connectivity index (χ3n) is 8.71. The molecule has 42 heavy (non-hydrogen) atoms. The van der Waals surface area contributed by atoms with Gasteiger partial charge < -0.3 is 25.4 Å². The molecule has 3 aliphatic rings. The molecule has 1 spiro atoms. The van der Waals surface area contributed by atoms with E-state index in [4.69, 9.17) is 4.74 Å². The Morgan fingerprint density at radius 1 is 1.05 bits per heavy atom. The number of aliphatic hydroxyl groups is 1. The first kappa shape index (κ1) is 30.7. The van der Waals surface area contributed by atoms with E-state index >= 15 is 0 Å². The van der Waals surface area contributed by atoms with Crippen LogP contribution < -0.4 is 10.6 Å². The lowest BCUT2D eigenvalue weighted by atomic mass is 9.70. The fraction of sp³-hybridized carbons (Fsp3) is 0.545. The average molecular weight is 641 g/mol. The van der Waals surface area contributed by atoms with E-state index in [0.29, 0.717) is 24.9 Å². The second kappa shape index (κ2) is 11.4. The molecule has 226 valence electrons. The quantitative estimate of drug-likeness (QED) is 0.358. The normalized spacial score (nSPS) is 29.4. The number of amides is 3. The summed E-state index contributed by atoms with van der Waals surface area (Å²) < 4.78 is 6.65. The second-order valence-electron chi connectivity index (χ2n) is 13.8. The van der Waals surface area contributed by atoms with Crippen molar-refractivity contribution in [2.24, 2.45) is 17.3 Å². The maximum atomic E-state index is 14.5. The molecule has 3 heterocycles. The number of halogens is 1. The second-order valence-corrected chi connectivity index (χ2v) is 15.0. The number of hydrogen-bond acceptors (Lipinski definition) is 5. The van der Waals surface area contributed by atoms with Gasteiger partial charge >= 0.3 is 0 Å². The molecule has 3 aliphatic heterocycles. The number of likely N-dealkylation sites (tertiary alicyclic amines) is 1. The van der Waals surface area contributed by atoms with Crippen LogP contribution in [-0.4, -0.2) is 62.4 Å². The molecule has 8 nitrogen and oxygen atoms in total. The highest BCUT2D eigenvalue weighted by atomic mass is 79.9. The van der Waals surface area contributed by atoms with E-state index in [1.54, 1.807) is 0 Å². The molecule has 0 aromatic heterocycles. The van der Waals surface area contributed by atoms with E-state index in [0.717, 1.165) is 5.56 Å². The first-order valence-corrected chi connectivity index (χ1v) is 15.6. The Morgan fingerprint density at radius 3 is 2.26 bits per heavy atom. The fourth-order valence-electron chi connectivity index (χ4n) is 7.71. The van der Waals surface area contributed by atoms with Crippen LogP contribution in [0.1, 0.15) is 64.6 Å². The zero-order chi connectivity index (χ0) is 30.4. The predicted molar refractivity (Wildman–Crippen MR) is 163 cm³/mol. The predicted octanol–water partition coefficient (Wildman–Crippen LogP) is 4.12. The van der Waals surface area contributed by atoms with Gasteiger partial charge in [0, 0.05) is 16.9 Å². The molecule has 2 bridgehead atoms. The lowest BCUT2D eigenvalue weighted by Crippen LogP contribution is -2.60. The van der Waals surface area contributed by atoms with E-state index in [-0.39, 0.29) is 34.6 Å². The summed E-state index contributed by atoms with van der Waals surface area (Å²) in [7, 11) is 0. The van der Waals surface area contributed by atoms with Crippen molar-refractivity contribution in [2.45, 2.75) is 88.2 Å². The molecule has 3 saturated heterocycles. The van der Waals surface area contributed by atoms with E-state index in [1.165, 1.54) is 4.90 Å². The molecule has 3 amide bonds. The van der Waals surface area contributed by atoms with Gasteiger partial charge in [0.05, 0.1) is 30.6 Å². The monoisotopic (exact) mass is 639 g/mol. The Bertz CT molecular complexity index is 1310. The minimum atomic E-state index is -1.21. The largest absolute Gasteiger partial charge is 0.394 e. The molecule has 5 rings (SSSR count). The van der Waals surface area contributed by atoms with Crippen LogP contribution in [-0.2, 0) is 25.7 Å². The molecule has 9 heteroatoms. The maximum absolute atomic E-state index is 14.5.